The van der Waals surface area contributed by atoms with E-state index >= 15 is 0 Å². The van der Waals surface area contributed by atoms with Crippen LogP contribution in [0, 0.1) is 36.5 Å². The van der Waals surface area contributed by atoms with E-state index in [-0.39, 0.29) is 7.43 Å². The molecule has 1 aromatic carbocycles. The Kier molecular flexibility index (Phi) is 10.3. The molecule has 0 nitrogen and oxygen atoms in total. The summed E-state index contributed by atoms with van der Waals surface area (Å²) in [6.07, 6.45) is 17.8. The van der Waals surface area contributed by atoms with Crippen LogP contribution in [0.2, 0.25) is 0 Å². The van der Waals surface area contributed by atoms with E-state index in [0.717, 1.165) is 35.5 Å². The highest BCUT2D eigenvalue weighted by Crippen LogP contribution is 2.41. The van der Waals surface area contributed by atoms with Crippen molar-refractivity contribution in [3.63, 3.8) is 0 Å². The van der Waals surface area contributed by atoms with Crippen molar-refractivity contribution >= 4 is 0 Å². The van der Waals surface area contributed by atoms with Gasteiger partial charge >= 0.3 is 0 Å². The number of aryl methyl sites for hydroxylation is 1. The molecule has 0 aromatic heterocycles. The summed E-state index contributed by atoms with van der Waals surface area (Å²) in [4.78, 5) is 0. The van der Waals surface area contributed by atoms with Crippen molar-refractivity contribution in [2.75, 3.05) is 0 Å². The van der Waals surface area contributed by atoms with Gasteiger partial charge in [-0.3, -0.25) is 0 Å². The van der Waals surface area contributed by atoms with Crippen LogP contribution in [0.5, 0.6) is 0 Å². The topological polar surface area (TPSA) is 0 Å². The van der Waals surface area contributed by atoms with E-state index in [9.17, 15) is 0 Å². The second kappa shape index (κ2) is 12.2. The van der Waals surface area contributed by atoms with E-state index in [1.54, 1.807) is 31.2 Å². The van der Waals surface area contributed by atoms with E-state index in [4.69, 9.17) is 0 Å². The van der Waals surface area contributed by atoms with Crippen LogP contribution in [0.1, 0.15) is 122 Å². The van der Waals surface area contributed by atoms with Gasteiger partial charge in [-0.25, -0.2) is 0 Å². The van der Waals surface area contributed by atoms with Crippen molar-refractivity contribution in [3.05, 3.63) is 35.4 Å². The Hall–Kier alpha value is -0.780. The summed E-state index contributed by atoms with van der Waals surface area (Å²) in [5.74, 6) is 6.06. The second-order valence-electron chi connectivity index (χ2n) is 10.9. The van der Waals surface area contributed by atoms with Crippen LogP contribution in [0.15, 0.2) is 24.3 Å². The fourth-order valence-electron chi connectivity index (χ4n) is 5.95. The molecular formula is C29H50. The molecule has 3 saturated carbocycles. The average Bonchev–Trinajstić information content (AvgIpc) is 2.71. The normalized spacial score (nSPS) is 35.0. The largest absolute Gasteiger partial charge is 0.0776 e. The number of benzene rings is 1. The maximum absolute atomic E-state index is 2.43. The zero-order chi connectivity index (χ0) is 19.9. The quantitative estimate of drug-likeness (QED) is 0.465. The zero-order valence-electron chi connectivity index (χ0n) is 19.3. The Morgan fingerprint density at radius 1 is 0.517 bits per heavy atom. The van der Waals surface area contributed by atoms with Crippen molar-refractivity contribution in [3.8, 4) is 0 Å². The van der Waals surface area contributed by atoms with Crippen molar-refractivity contribution < 1.29 is 0 Å². The Balaban J connectivity index is 0.000000200. The molecule has 0 saturated heterocycles. The lowest BCUT2D eigenvalue weighted by Gasteiger charge is -2.36. The van der Waals surface area contributed by atoms with E-state index in [0.29, 0.717) is 0 Å². The molecule has 1 aromatic rings. The summed E-state index contributed by atoms with van der Waals surface area (Å²) in [5.41, 5.74) is 2.93. The molecule has 0 amide bonds. The second-order valence-corrected chi connectivity index (χ2v) is 10.9. The summed E-state index contributed by atoms with van der Waals surface area (Å²) in [5, 5.41) is 0. The molecule has 3 aliphatic rings. The van der Waals surface area contributed by atoms with Gasteiger partial charge in [0.05, 0.1) is 0 Å². The van der Waals surface area contributed by atoms with Crippen LogP contribution in [0.3, 0.4) is 0 Å². The van der Waals surface area contributed by atoms with Crippen molar-refractivity contribution in [1.82, 2.24) is 0 Å². The van der Waals surface area contributed by atoms with Crippen LogP contribution in [0.4, 0.5) is 0 Å². The molecule has 0 atom stereocenters. The molecule has 0 N–H and O–H groups in total. The van der Waals surface area contributed by atoms with E-state index in [1.807, 2.05) is 0 Å². The minimum atomic E-state index is 0. The minimum Gasteiger partial charge on any atom is -0.0776 e. The molecular weight excluding hydrogens is 348 g/mol. The highest BCUT2D eigenvalue weighted by molar-refractivity contribution is 5.24. The van der Waals surface area contributed by atoms with E-state index in [1.165, 1.54) is 56.9 Å². The molecule has 3 fully saturated rings. The summed E-state index contributed by atoms with van der Waals surface area (Å²) in [6.45, 7) is 9.40. The van der Waals surface area contributed by atoms with E-state index < -0.39 is 0 Å². The maximum atomic E-state index is 2.43. The molecule has 0 aliphatic heterocycles. The summed E-state index contributed by atoms with van der Waals surface area (Å²) in [7, 11) is 0. The SMILES string of the molecule is C.CC1CCC(C2CCC(C)CC2)CC1.Cc1ccc(C2CCC(C)CC2)cc1. The Labute approximate surface area is 183 Å². The highest BCUT2D eigenvalue weighted by atomic mass is 14.3. The molecule has 0 spiro atoms. The van der Waals surface area contributed by atoms with Crippen molar-refractivity contribution in [2.24, 2.45) is 29.6 Å². The first-order valence-corrected chi connectivity index (χ1v) is 12.6. The molecule has 0 heterocycles. The summed E-state index contributed by atoms with van der Waals surface area (Å²) >= 11 is 0. The first-order chi connectivity index (χ1) is 13.5. The molecule has 3 aliphatic carbocycles. The van der Waals surface area contributed by atoms with Gasteiger partial charge < -0.3 is 0 Å². The third-order valence-electron chi connectivity index (χ3n) is 8.35. The van der Waals surface area contributed by atoms with Crippen LogP contribution >= 0.6 is 0 Å². The summed E-state index contributed by atoms with van der Waals surface area (Å²) < 4.78 is 0. The fourth-order valence-corrected chi connectivity index (χ4v) is 5.95. The first-order valence-electron chi connectivity index (χ1n) is 12.6. The predicted octanol–water partition coefficient (Wildman–Crippen LogP) is 9.56. The Morgan fingerprint density at radius 3 is 1.24 bits per heavy atom. The van der Waals surface area contributed by atoms with Gasteiger partial charge in [-0.2, -0.15) is 0 Å². The zero-order valence-corrected chi connectivity index (χ0v) is 19.3. The van der Waals surface area contributed by atoms with Crippen LogP contribution in [-0.4, -0.2) is 0 Å². The van der Waals surface area contributed by atoms with Crippen molar-refractivity contribution in [2.45, 2.75) is 118 Å². The summed E-state index contributed by atoms with van der Waals surface area (Å²) in [6, 6.07) is 9.12. The minimum absolute atomic E-state index is 0. The predicted molar refractivity (Wildman–Crippen MR) is 131 cm³/mol. The number of hydrogen-bond acceptors (Lipinski definition) is 0. The van der Waals surface area contributed by atoms with Gasteiger partial charge in [0.1, 0.15) is 0 Å². The standard InChI is InChI=1S/C14H26.C14H20.CH4/c2*1-11-3-7-13(8-4-11)14-9-5-12(2)6-10-14;/h11-14H,3-10H2,1-2H3;3-4,7-8,12,14H,5-6,9-10H2,1-2H3;1H4. The molecule has 0 radical (unpaired) electrons. The molecule has 166 valence electrons. The lowest BCUT2D eigenvalue weighted by Crippen LogP contribution is -2.24. The Bertz CT molecular complexity index is 512. The van der Waals surface area contributed by atoms with Crippen LogP contribution < -0.4 is 0 Å². The van der Waals surface area contributed by atoms with Gasteiger partial charge in [0.2, 0.25) is 0 Å². The molecule has 0 unspecified atom stereocenters. The average molecular weight is 399 g/mol. The smallest absolute Gasteiger partial charge is 0.0162 e. The molecule has 4 rings (SSSR count). The first kappa shape index (κ1) is 24.5. The van der Waals surface area contributed by atoms with Crippen LogP contribution in [0.25, 0.3) is 0 Å². The van der Waals surface area contributed by atoms with Crippen molar-refractivity contribution in [1.29, 1.82) is 0 Å². The van der Waals surface area contributed by atoms with Gasteiger partial charge in [0.25, 0.3) is 0 Å². The number of rotatable bonds is 2. The fraction of sp³-hybridized carbons (Fsp3) is 0.793. The van der Waals surface area contributed by atoms with Gasteiger partial charge in [-0.1, -0.05) is 96.6 Å². The maximum Gasteiger partial charge on any atom is -0.0162 e. The number of hydrogen-bond donors (Lipinski definition) is 0. The third kappa shape index (κ3) is 7.76. The lowest BCUT2D eigenvalue weighted by atomic mass is 9.70. The van der Waals surface area contributed by atoms with Gasteiger partial charge in [-0.15, -0.1) is 0 Å². The molecule has 0 heteroatoms. The van der Waals surface area contributed by atoms with Crippen LogP contribution in [-0.2, 0) is 0 Å². The Morgan fingerprint density at radius 2 is 0.862 bits per heavy atom. The molecule has 0 bridgehead atoms. The lowest BCUT2D eigenvalue weighted by molar-refractivity contribution is 0.155. The van der Waals surface area contributed by atoms with E-state index in [2.05, 4.69) is 52.0 Å². The monoisotopic (exact) mass is 398 g/mol. The molecule has 29 heavy (non-hydrogen) atoms. The van der Waals surface area contributed by atoms with Gasteiger partial charge in [-0.05, 0) is 86.5 Å². The van der Waals surface area contributed by atoms with Gasteiger partial charge in [0.15, 0.2) is 0 Å². The highest BCUT2D eigenvalue weighted by Gasteiger charge is 2.28. The third-order valence-corrected chi connectivity index (χ3v) is 8.35. The van der Waals surface area contributed by atoms with Gasteiger partial charge in [0, 0.05) is 0 Å².